The number of nitrogens with zero attached hydrogens (tertiary/aromatic N) is 1. The van der Waals surface area contributed by atoms with Gasteiger partial charge in [0.1, 0.15) is 0 Å². The number of aryl methyl sites for hydroxylation is 1. The van der Waals surface area contributed by atoms with Crippen LogP contribution < -0.4 is 21.3 Å². The van der Waals surface area contributed by atoms with Gasteiger partial charge in [-0.25, -0.2) is 0 Å². The highest BCUT2D eigenvalue weighted by atomic mass is 35.5. The van der Waals surface area contributed by atoms with E-state index in [4.69, 9.17) is 5.73 Å². The molecule has 0 saturated carbocycles. The van der Waals surface area contributed by atoms with E-state index in [0.717, 1.165) is 24.1 Å². The number of hydrogen-bond donors (Lipinski definition) is 3. The first-order chi connectivity index (χ1) is 10.6. The molecular weight excluding hydrogens is 320 g/mol. The van der Waals surface area contributed by atoms with Gasteiger partial charge in [-0.3, -0.25) is 14.4 Å². The number of anilines is 1. The van der Waals surface area contributed by atoms with Gasteiger partial charge in [0.15, 0.2) is 0 Å². The molecule has 1 aromatic rings. The third-order valence-electron chi connectivity index (χ3n) is 3.48. The number of carbonyl (C=O) groups excluding carboxylic acids is 3. The predicted molar refractivity (Wildman–Crippen MR) is 89.4 cm³/mol. The molecule has 0 radical (unpaired) electrons. The monoisotopic (exact) mass is 340 g/mol. The van der Waals surface area contributed by atoms with E-state index in [1.807, 2.05) is 24.3 Å². The fourth-order valence-electron chi connectivity index (χ4n) is 2.38. The fraction of sp³-hybridized carbons (Fsp3) is 0.400. The van der Waals surface area contributed by atoms with Gasteiger partial charge in [-0.05, 0) is 24.5 Å². The van der Waals surface area contributed by atoms with E-state index in [1.54, 1.807) is 4.90 Å². The van der Waals surface area contributed by atoms with Crippen molar-refractivity contribution in [1.82, 2.24) is 10.6 Å². The number of hydrogen-bond acceptors (Lipinski definition) is 4. The number of fused-ring (bicyclic) bond motifs is 1. The molecule has 0 aliphatic carbocycles. The van der Waals surface area contributed by atoms with Gasteiger partial charge in [0, 0.05) is 12.2 Å². The molecule has 1 heterocycles. The summed E-state index contributed by atoms with van der Waals surface area (Å²) in [6.07, 6.45) is 1.86. The minimum Gasteiger partial charge on any atom is -0.346 e. The van der Waals surface area contributed by atoms with Crippen LogP contribution in [0.4, 0.5) is 5.69 Å². The average Bonchev–Trinajstić information content (AvgIpc) is 2.56. The van der Waals surface area contributed by atoms with Gasteiger partial charge in [0.2, 0.25) is 17.7 Å². The molecule has 4 N–H and O–H groups in total. The summed E-state index contributed by atoms with van der Waals surface area (Å²) in [6, 6.07) is 7.77. The van der Waals surface area contributed by atoms with Crippen molar-refractivity contribution in [2.24, 2.45) is 5.73 Å². The molecule has 8 heteroatoms. The third kappa shape index (κ3) is 5.22. The largest absolute Gasteiger partial charge is 0.346 e. The summed E-state index contributed by atoms with van der Waals surface area (Å²) in [5, 5.41) is 4.85. The summed E-state index contributed by atoms with van der Waals surface area (Å²) in [5.41, 5.74) is 7.17. The number of para-hydroxylation sites is 1. The van der Waals surface area contributed by atoms with E-state index in [0.29, 0.717) is 6.54 Å². The van der Waals surface area contributed by atoms with Gasteiger partial charge >= 0.3 is 0 Å². The number of amides is 3. The summed E-state index contributed by atoms with van der Waals surface area (Å²) >= 11 is 0. The van der Waals surface area contributed by atoms with Gasteiger partial charge in [-0.15, -0.1) is 12.4 Å². The molecule has 0 aromatic heterocycles. The second kappa shape index (κ2) is 9.12. The molecular formula is C15H21ClN4O3. The Morgan fingerprint density at radius 3 is 2.52 bits per heavy atom. The van der Waals surface area contributed by atoms with Crippen LogP contribution in [-0.4, -0.2) is 43.9 Å². The minimum atomic E-state index is -0.416. The van der Waals surface area contributed by atoms with Crippen molar-refractivity contribution in [3.8, 4) is 0 Å². The van der Waals surface area contributed by atoms with Gasteiger partial charge in [0.25, 0.3) is 0 Å². The lowest BCUT2D eigenvalue weighted by atomic mass is 10.0. The lowest BCUT2D eigenvalue weighted by molar-refractivity contribution is -0.126. The maximum Gasteiger partial charge on any atom is 0.246 e. The smallest absolute Gasteiger partial charge is 0.246 e. The first kappa shape index (κ1) is 18.9. The number of benzene rings is 1. The Kier molecular flexibility index (Phi) is 7.50. The molecule has 3 amide bonds. The molecule has 1 aliphatic rings. The number of nitrogens with one attached hydrogen (secondary N) is 2. The van der Waals surface area contributed by atoms with E-state index in [1.165, 1.54) is 0 Å². The number of halogens is 1. The Bertz CT molecular complexity index is 580. The topological polar surface area (TPSA) is 105 Å². The second-order valence-electron chi connectivity index (χ2n) is 5.04. The summed E-state index contributed by atoms with van der Waals surface area (Å²) in [6.45, 7) is 0.206. The van der Waals surface area contributed by atoms with Crippen LogP contribution in [0, 0.1) is 0 Å². The van der Waals surface area contributed by atoms with Crippen LogP contribution in [0.3, 0.4) is 0 Å². The lowest BCUT2D eigenvalue weighted by Crippen LogP contribution is -2.45. The maximum atomic E-state index is 12.3. The molecule has 23 heavy (non-hydrogen) atoms. The van der Waals surface area contributed by atoms with Gasteiger partial charge in [-0.1, -0.05) is 18.2 Å². The van der Waals surface area contributed by atoms with Gasteiger partial charge < -0.3 is 21.3 Å². The third-order valence-corrected chi connectivity index (χ3v) is 3.48. The molecule has 0 spiro atoms. The van der Waals surface area contributed by atoms with Crippen LogP contribution in [0.2, 0.25) is 0 Å². The van der Waals surface area contributed by atoms with Crippen LogP contribution in [0.5, 0.6) is 0 Å². The first-order valence-electron chi connectivity index (χ1n) is 7.23. The summed E-state index contributed by atoms with van der Waals surface area (Å²) < 4.78 is 0. The SMILES string of the molecule is Cl.NCC(=O)NCC(=O)NCC(=O)N1CCCc2ccccc21. The Morgan fingerprint density at radius 1 is 1.09 bits per heavy atom. The summed E-state index contributed by atoms with van der Waals surface area (Å²) in [5.74, 6) is -0.988. The Hall–Kier alpha value is -2.12. The zero-order valence-corrected chi connectivity index (χ0v) is 13.5. The summed E-state index contributed by atoms with van der Waals surface area (Å²) in [7, 11) is 0. The zero-order valence-electron chi connectivity index (χ0n) is 12.7. The average molecular weight is 341 g/mol. The maximum absolute atomic E-state index is 12.3. The highest BCUT2D eigenvalue weighted by Crippen LogP contribution is 2.26. The first-order valence-corrected chi connectivity index (χ1v) is 7.23. The van der Waals surface area contributed by atoms with Crippen molar-refractivity contribution in [3.63, 3.8) is 0 Å². The quantitative estimate of drug-likeness (QED) is 0.677. The van der Waals surface area contributed by atoms with Crippen molar-refractivity contribution in [2.45, 2.75) is 12.8 Å². The Balaban J connectivity index is 0.00000264. The molecule has 0 bridgehead atoms. The fourth-order valence-corrected chi connectivity index (χ4v) is 2.38. The molecule has 1 aliphatic heterocycles. The van der Waals surface area contributed by atoms with Crippen LogP contribution in [0.25, 0.3) is 0 Å². The standard InChI is InChI=1S/C15H20N4O3.ClH/c16-8-13(20)17-9-14(21)18-10-15(22)19-7-3-5-11-4-1-2-6-12(11)19;/h1-2,4,6H,3,5,7-10,16H2,(H,17,20)(H,18,21);1H. The molecule has 126 valence electrons. The van der Waals surface area contributed by atoms with E-state index in [-0.39, 0.29) is 37.9 Å². The van der Waals surface area contributed by atoms with Gasteiger partial charge in [-0.2, -0.15) is 0 Å². The normalized spacial score (nSPS) is 12.7. The highest BCUT2D eigenvalue weighted by Gasteiger charge is 2.22. The Morgan fingerprint density at radius 2 is 1.78 bits per heavy atom. The van der Waals surface area contributed by atoms with E-state index < -0.39 is 11.8 Å². The van der Waals surface area contributed by atoms with Crippen molar-refractivity contribution in [3.05, 3.63) is 29.8 Å². The predicted octanol–water partition coefficient (Wildman–Crippen LogP) is -0.421. The van der Waals surface area contributed by atoms with E-state index >= 15 is 0 Å². The van der Waals surface area contributed by atoms with Crippen LogP contribution in [0.1, 0.15) is 12.0 Å². The molecule has 0 fully saturated rings. The number of nitrogens with two attached hydrogens (primary N) is 1. The van der Waals surface area contributed by atoms with Crippen molar-refractivity contribution in [2.75, 3.05) is 31.1 Å². The number of carbonyl (C=O) groups is 3. The second-order valence-corrected chi connectivity index (χ2v) is 5.04. The molecule has 7 nitrogen and oxygen atoms in total. The lowest BCUT2D eigenvalue weighted by Gasteiger charge is -2.29. The molecule has 2 rings (SSSR count). The van der Waals surface area contributed by atoms with E-state index in [9.17, 15) is 14.4 Å². The van der Waals surface area contributed by atoms with Gasteiger partial charge in [0.05, 0.1) is 19.6 Å². The zero-order chi connectivity index (χ0) is 15.9. The summed E-state index contributed by atoms with van der Waals surface area (Å²) in [4.78, 5) is 36.5. The van der Waals surface area contributed by atoms with Crippen LogP contribution >= 0.6 is 12.4 Å². The molecule has 0 atom stereocenters. The minimum absolute atomic E-state index is 0. The van der Waals surface area contributed by atoms with Crippen molar-refractivity contribution in [1.29, 1.82) is 0 Å². The molecule has 1 aromatic carbocycles. The molecule has 0 saturated heterocycles. The number of rotatable bonds is 5. The van der Waals surface area contributed by atoms with Crippen molar-refractivity contribution < 1.29 is 14.4 Å². The molecule has 0 unspecified atom stereocenters. The van der Waals surface area contributed by atoms with Crippen LogP contribution in [-0.2, 0) is 20.8 Å². The Labute approximate surface area is 141 Å². The van der Waals surface area contributed by atoms with Crippen LogP contribution in [0.15, 0.2) is 24.3 Å². The highest BCUT2D eigenvalue weighted by molar-refractivity contribution is 5.98. The van der Waals surface area contributed by atoms with E-state index in [2.05, 4.69) is 10.6 Å². The van der Waals surface area contributed by atoms with Crippen molar-refractivity contribution >= 4 is 35.8 Å².